The van der Waals surface area contributed by atoms with Crippen LogP contribution in [-0.4, -0.2) is 48.9 Å². The third-order valence-electron chi connectivity index (χ3n) is 3.32. The van der Waals surface area contributed by atoms with E-state index in [1.165, 1.54) is 16.4 Å². The van der Waals surface area contributed by atoms with Crippen molar-refractivity contribution in [2.45, 2.75) is 30.7 Å². The van der Waals surface area contributed by atoms with Gasteiger partial charge in [-0.1, -0.05) is 12.1 Å². The van der Waals surface area contributed by atoms with Gasteiger partial charge in [0.2, 0.25) is 10.0 Å². The van der Waals surface area contributed by atoms with Gasteiger partial charge in [0, 0.05) is 13.1 Å². The number of carbonyl (C=O) groups is 1. The van der Waals surface area contributed by atoms with Crippen LogP contribution in [0.25, 0.3) is 0 Å². The molecule has 0 amide bonds. The largest absolute Gasteiger partial charge is 0.481 e. The van der Waals surface area contributed by atoms with E-state index in [1.54, 1.807) is 30.9 Å². The first-order valence-electron chi connectivity index (χ1n) is 6.56. The molecule has 0 aromatic heterocycles. The van der Waals surface area contributed by atoms with Crippen molar-refractivity contribution in [2.75, 3.05) is 19.1 Å². The fourth-order valence-electron chi connectivity index (χ4n) is 1.83. The molecular formula is C14H21NO4S2. The van der Waals surface area contributed by atoms with Crippen LogP contribution in [0.15, 0.2) is 29.2 Å². The van der Waals surface area contributed by atoms with Crippen LogP contribution >= 0.6 is 11.8 Å². The summed E-state index contributed by atoms with van der Waals surface area (Å²) in [6.45, 7) is 1.88. The summed E-state index contributed by atoms with van der Waals surface area (Å²) in [6.07, 6.45) is 2.66. The maximum Gasteiger partial charge on any atom is 0.307 e. The first-order valence-corrected chi connectivity index (χ1v) is 9.40. The topological polar surface area (TPSA) is 74.7 Å². The number of nitrogens with zero attached hydrogens (tertiary/aromatic N) is 1. The lowest BCUT2D eigenvalue weighted by Gasteiger charge is -2.24. The fourth-order valence-corrected chi connectivity index (χ4v) is 3.80. The minimum Gasteiger partial charge on any atom is -0.481 e. The Morgan fingerprint density at radius 2 is 1.90 bits per heavy atom. The molecule has 0 saturated heterocycles. The van der Waals surface area contributed by atoms with Crippen molar-refractivity contribution in [3.8, 4) is 0 Å². The van der Waals surface area contributed by atoms with Gasteiger partial charge in [-0.05, 0) is 43.0 Å². The lowest BCUT2D eigenvalue weighted by Crippen LogP contribution is -2.35. The summed E-state index contributed by atoms with van der Waals surface area (Å²) in [4.78, 5) is 10.8. The van der Waals surface area contributed by atoms with Crippen LogP contribution in [0.3, 0.4) is 0 Å². The molecule has 1 unspecified atom stereocenters. The second-order valence-electron chi connectivity index (χ2n) is 4.87. The molecule has 1 aromatic rings. The van der Waals surface area contributed by atoms with Crippen molar-refractivity contribution in [1.82, 2.24) is 4.31 Å². The molecule has 0 radical (unpaired) electrons. The number of carboxylic acid groups (broad SMARTS) is 1. The minimum atomic E-state index is -3.54. The first kappa shape index (κ1) is 18.0. The number of aliphatic carboxylic acids is 1. The Morgan fingerprint density at radius 3 is 2.38 bits per heavy atom. The van der Waals surface area contributed by atoms with Crippen molar-refractivity contribution >= 4 is 27.8 Å². The highest BCUT2D eigenvalue weighted by molar-refractivity contribution is 7.98. The molecule has 0 fully saturated rings. The maximum atomic E-state index is 12.5. The summed E-state index contributed by atoms with van der Waals surface area (Å²) in [5.74, 6) is -0.0353. The Kier molecular flexibility index (Phi) is 6.70. The highest BCUT2D eigenvalue weighted by atomic mass is 32.2. The predicted octanol–water partition coefficient (Wildman–Crippen LogP) is 2.08. The summed E-state index contributed by atoms with van der Waals surface area (Å²) in [5, 5.41) is 8.71. The SMILES string of the molecule is CSCCC(C)N(C)S(=O)(=O)c1ccc(CC(=O)O)cc1. The Morgan fingerprint density at radius 1 is 1.33 bits per heavy atom. The number of benzene rings is 1. The van der Waals surface area contributed by atoms with Crippen LogP contribution in [0.1, 0.15) is 18.9 Å². The summed E-state index contributed by atoms with van der Waals surface area (Å²) in [5.41, 5.74) is 0.583. The number of sulfonamides is 1. The normalized spacial score (nSPS) is 13.3. The molecule has 0 aliphatic heterocycles. The van der Waals surface area contributed by atoms with Gasteiger partial charge in [0.05, 0.1) is 11.3 Å². The molecule has 21 heavy (non-hydrogen) atoms. The number of carboxylic acids is 1. The van der Waals surface area contributed by atoms with Gasteiger partial charge in [-0.25, -0.2) is 8.42 Å². The molecule has 0 heterocycles. The zero-order valence-corrected chi connectivity index (χ0v) is 14.1. The van der Waals surface area contributed by atoms with Gasteiger partial charge >= 0.3 is 5.97 Å². The van der Waals surface area contributed by atoms with E-state index < -0.39 is 16.0 Å². The molecule has 1 atom stereocenters. The molecule has 5 nitrogen and oxygen atoms in total. The molecular weight excluding hydrogens is 310 g/mol. The standard InChI is InChI=1S/C14H21NO4S2/c1-11(8-9-20-3)15(2)21(18,19)13-6-4-12(5-7-13)10-14(16)17/h4-7,11H,8-10H2,1-3H3,(H,16,17). The monoisotopic (exact) mass is 331 g/mol. The van der Waals surface area contributed by atoms with Crippen LogP contribution in [-0.2, 0) is 21.2 Å². The molecule has 0 bridgehead atoms. The van der Waals surface area contributed by atoms with E-state index in [0.29, 0.717) is 5.56 Å². The second-order valence-corrected chi connectivity index (χ2v) is 7.85. The van der Waals surface area contributed by atoms with E-state index in [0.717, 1.165) is 12.2 Å². The van der Waals surface area contributed by atoms with Gasteiger partial charge in [-0.3, -0.25) is 4.79 Å². The Labute approximate surface area is 130 Å². The van der Waals surface area contributed by atoms with E-state index in [9.17, 15) is 13.2 Å². The second kappa shape index (κ2) is 7.82. The van der Waals surface area contributed by atoms with Crippen LogP contribution in [0.4, 0.5) is 0 Å². The van der Waals surface area contributed by atoms with E-state index in [4.69, 9.17) is 5.11 Å². The van der Waals surface area contributed by atoms with Crippen molar-refractivity contribution < 1.29 is 18.3 Å². The molecule has 1 rings (SSSR count). The van der Waals surface area contributed by atoms with E-state index in [1.807, 2.05) is 13.2 Å². The molecule has 0 spiro atoms. The first-order chi connectivity index (χ1) is 9.78. The van der Waals surface area contributed by atoms with Gasteiger partial charge in [0.1, 0.15) is 0 Å². The Hall–Kier alpha value is -1.05. The Bertz CT molecular complexity index is 569. The van der Waals surface area contributed by atoms with E-state index >= 15 is 0 Å². The summed E-state index contributed by atoms with van der Waals surface area (Å²) in [6, 6.07) is 5.93. The Balaban J connectivity index is 2.89. The number of rotatable bonds is 8. The number of hydrogen-bond donors (Lipinski definition) is 1. The van der Waals surface area contributed by atoms with Crippen molar-refractivity contribution in [1.29, 1.82) is 0 Å². The van der Waals surface area contributed by atoms with Crippen molar-refractivity contribution in [3.05, 3.63) is 29.8 Å². The highest BCUT2D eigenvalue weighted by Crippen LogP contribution is 2.19. The van der Waals surface area contributed by atoms with Gasteiger partial charge in [-0.15, -0.1) is 0 Å². The lowest BCUT2D eigenvalue weighted by atomic mass is 10.2. The van der Waals surface area contributed by atoms with Gasteiger partial charge in [0.25, 0.3) is 0 Å². The number of hydrogen-bond acceptors (Lipinski definition) is 4. The summed E-state index contributed by atoms with van der Waals surface area (Å²) < 4.78 is 26.3. The van der Waals surface area contributed by atoms with Crippen LogP contribution in [0.5, 0.6) is 0 Å². The molecule has 0 saturated carbocycles. The van der Waals surface area contributed by atoms with Gasteiger partial charge in [-0.2, -0.15) is 16.1 Å². The lowest BCUT2D eigenvalue weighted by molar-refractivity contribution is -0.136. The predicted molar refractivity (Wildman–Crippen MR) is 85.2 cm³/mol. The molecule has 0 aliphatic rings. The number of thioether (sulfide) groups is 1. The molecule has 1 aromatic carbocycles. The summed E-state index contributed by atoms with van der Waals surface area (Å²) in [7, 11) is -1.96. The van der Waals surface area contributed by atoms with Crippen LogP contribution in [0, 0.1) is 0 Å². The van der Waals surface area contributed by atoms with Crippen LogP contribution in [0.2, 0.25) is 0 Å². The molecule has 118 valence electrons. The van der Waals surface area contributed by atoms with Gasteiger partial charge < -0.3 is 5.11 Å². The van der Waals surface area contributed by atoms with Crippen molar-refractivity contribution in [2.24, 2.45) is 0 Å². The highest BCUT2D eigenvalue weighted by Gasteiger charge is 2.24. The zero-order valence-electron chi connectivity index (χ0n) is 12.4. The molecule has 0 aliphatic carbocycles. The quantitative estimate of drug-likeness (QED) is 0.789. The average molecular weight is 331 g/mol. The minimum absolute atomic E-state index is 0.0823. The van der Waals surface area contributed by atoms with Crippen molar-refractivity contribution in [3.63, 3.8) is 0 Å². The maximum absolute atomic E-state index is 12.5. The third-order valence-corrected chi connectivity index (χ3v) is 5.95. The third kappa shape index (κ3) is 5.01. The van der Waals surface area contributed by atoms with E-state index in [-0.39, 0.29) is 17.4 Å². The summed E-state index contributed by atoms with van der Waals surface area (Å²) >= 11 is 1.68. The fraction of sp³-hybridized carbons (Fsp3) is 0.500. The van der Waals surface area contributed by atoms with Crippen LogP contribution < -0.4 is 0 Å². The molecule has 7 heteroatoms. The van der Waals surface area contributed by atoms with E-state index in [2.05, 4.69) is 0 Å². The zero-order chi connectivity index (χ0) is 16.0. The smallest absolute Gasteiger partial charge is 0.307 e. The molecule has 1 N–H and O–H groups in total. The average Bonchev–Trinajstić information content (AvgIpc) is 2.43. The van der Waals surface area contributed by atoms with Gasteiger partial charge in [0.15, 0.2) is 0 Å².